The van der Waals surface area contributed by atoms with Crippen LogP contribution in [0.5, 0.6) is 0 Å². The molecule has 0 saturated heterocycles. The number of benzene rings is 6. The average Bonchev–Trinajstić information content (AvgIpc) is 3.00. The molecule has 40 heavy (non-hydrogen) atoms. The van der Waals surface area contributed by atoms with Gasteiger partial charge >= 0.3 is 0 Å². The minimum atomic E-state index is 0.773. The van der Waals surface area contributed by atoms with E-state index in [1.807, 2.05) is 48.5 Å². The van der Waals surface area contributed by atoms with Crippen LogP contribution >= 0.6 is 0 Å². The lowest BCUT2D eigenvalue weighted by molar-refractivity contribution is 1.52. The summed E-state index contributed by atoms with van der Waals surface area (Å²) in [4.78, 5) is 0. The van der Waals surface area contributed by atoms with E-state index in [-0.39, 0.29) is 0 Å². The van der Waals surface area contributed by atoms with Gasteiger partial charge in [0.05, 0.1) is 0 Å². The number of nitrogens with one attached hydrogen (secondary N) is 2. The first-order chi connectivity index (χ1) is 19.6. The van der Waals surface area contributed by atoms with Crippen molar-refractivity contribution >= 4 is 34.1 Å². The van der Waals surface area contributed by atoms with Crippen LogP contribution in [0.3, 0.4) is 0 Å². The molecule has 0 atom stereocenters. The Bertz CT molecular complexity index is 1550. The van der Waals surface area contributed by atoms with Crippen molar-refractivity contribution in [3.63, 3.8) is 0 Å². The summed E-state index contributed by atoms with van der Waals surface area (Å²) in [5, 5.41) is 6.98. The molecule has 4 nitrogen and oxygen atoms in total. The molecule has 0 aliphatic rings. The third-order valence-corrected chi connectivity index (χ3v) is 6.94. The number of rotatable bonds is 7. The Morgan fingerprint density at radius 2 is 0.425 bits per heavy atom. The smallest absolute Gasteiger partial charge is 0.0384 e. The molecule has 194 valence electrons. The first-order valence-electron chi connectivity index (χ1n) is 13.3. The standard InChI is InChI=1S/C36H30N4/c37-31-13-1-25(2-14-31)27-5-17-33(18-6-27)39-35-21-9-29(10-22-35)30-11-23-36(24-12-30)40-34-19-7-28(8-20-34)26-3-15-32(38)16-4-26/h1-24,39-40H,37-38H2. The van der Waals surface area contributed by atoms with Gasteiger partial charge in [-0.3, -0.25) is 0 Å². The zero-order valence-electron chi connectivity index (χ0n) is 22.0. The van der Waals surface area contributed by atoms with Gasteiger partial charge in [-0.1, -0.05) is 72.8 Å². The number of nitrogens with two attached hydrogens (primary N) is 2. The topological polar surface area (TPSA) is 76.1 Å². The van der Waals surface area contributed by atoms with E-state index in [1.54, 1.807) is 0 Å². The molecular formula is C36H30N4. The maximum Gasteiger partial charge on any atom is 0.0384 e. The normalized spacial score (nSPS) is 10.7. The molecule has 0 aliphatic heterocycles. The van der Waals surface area contributed by atoms with Crippen LogP contribution in [0.4, 0.5) is 34.1 Å². The van der Waals surface area contributed by atoms with E-state index in [1.165, 1.54) is 11.1 Å². The molecule has 0 bridgehead atoms. The van der Waals surface area contributed by atoms with Gasteiger partial charge in [0.1, 0.15) is 0 Å². The van der Waals surface area contributed by atoms with Gasteiger partial charge in [0, 0.05) is 34.1 Å². The van der Waals surface area contributed by atoms with E-state index in [0.717, 1.165) is 56.4 Å². The van der Waals surface area contributed by atoms with Gasteiger partial charge in [-0.05, 0) is 106 Å². The van der Waals surface area contributed by atoms with Gasteiger partial charge in [-0.15, -0.1) is 0 Å². The largest absolute Gasteiger partial charge is 0.399 e. The molecular weight excluding hydrogens is 488 g/mol. The highest BCUT2D eigenvalue weighted by Gasteiger charge is 2.03. The molecule has 0 spiro atoms. The molecule has 6 aromatic carbocycles. The number of anilines is 6. The van der Waals surface area contributed by atoms with E-state index < -0.39 is 0 Å². The second kappa shape index (κ2) is 11.1. The van der Waals surface area contributed by atoms with Gasteiger partial charge in [0.15, 0.2) is 0 Å². The van der Waals surface area contributed by atoms with Crippen LogP contribution < -0.4 is 22.1 Å². The minimum absolute atomic E-state index is 0.773. The van der Waals surface area contributed by atoms with Crippen molar-refractivity contribution in [3.8, 4) is 33.4 Å². The second-order valence-corrected chi connectivity index (χ2v) is 9.80. The maximum absolute atomic E-state index is 5.80. The fourth-order valence-corrected chi connectivity index (χ4v) is 4.67. The second-order valence-electron chi connectivity index (χ2n) is 9.80. The third-order valence-electron chi connectivity index (χ3n) is 6.94. The van der Waals surface area contributed by atoms with Crippen LogP contribution in [0, 0.1) is 0 Å². The van der Waals surface area contributed by atoms with Crippen LogP contribution in [0.1, 0.15) is 0 Å². The first-order valence-corrected chi connectivity index (χ1v) is 13.3. The SMILES string of the molecule is Nc1ccc(-c2ccc(Nc3ccc(-c4ccc(Nc5ccc(-c6ccc(N)cc6)cc5)cc4)cc3)cc2)cc1. The quantitative estimate of drug-likeness (QED) is 0.159. The Morgan fingerprint density at radius 1 is 0.250 bits per heavy atom. The van der Waals surface area contributed by atoms with Gasteiger partial charge in [0.25, 0.3) is 0 Å². The van der Waals surface area contributed by atoms with Crippen molar-refractivity contribution in [2.45, 2.75) is 0 Å². The molecule has 0 heterocycles. The fourth-order valence-electron chi connectivity index (χ4n) is 4.67. The summed E-state index contributed by atoms with van der Waals surface area (Å²) in [5.41, 5.74) is 24.3. The molecule has 0 aromatic heterocycles. The molecule has 0 radical (unpaired) electrons. The lowest BCUT2D eigenvalue weighted by Gasteiger charge is -2.11. The molecule has 0 fully saturated rings. The molecule has 0 aliphatic carbocycles. The molecule has 0 saturated carbocycles. The van der Waals surface area contributed by atoms with E-state index >= 15 is 0 Å². The molecule has 6 N–H and O–H groups in total. The summed E-state index contributed by atoms with van der Waals surface area (Å²) in [6.45, 7) is 0. The lowest BCUT2D eigenvalue weighted by Crippen LogP contribution is -1.91. The Kier molecular flexibility index (Phi) is 6.89. The number of nitrogen functional groups attached to an aromatic ring is 2. The van der Waals surface area contributed by atoms with Crippen LogP contribution in [-0.2, 0) is 0 Å². The number of hydrogen-bond acceptors (Lipinski definition) is 4. The molecule has 0 amide bonds. The summed E-state index contributed by atoms with van der Waals surface area (Å²) >= 11 is 0. The zero-order valence-corrected chi connectivity index (χ0v) is 22.0. The maximum atomic E-state index is 5.80. The van der Waals surface area contributed by atoms with E-state index in [2.05, 4.69) is 108 Å². The van der Waals surface area contributed by atoms with Crippen LogP contribution in [0.15, 0.2) is 146 Å². The lowest BCUT2D eigenvalue weighted by atomic mass is 10.0. The summed E-state index contributed by atoms with van der Waals surface area (Å²) in [7, 11) is 0. The average molecular weight is 519 g/mol. The summed E-state index contributed by atoms with van der Waals surface area (Å²) in [5.74, 6) is 0. The van der Waals surface area contributed by atoms with Crippen LogP contribution in [-0.4, -0.2) is 0 Å². The van der Waals surface area contributed by atoms with E-state index in [4.69, 9.17) is 11.5 Å². The van der Waals surface area contributed by atoms with Crippen molar-refractivity contribution in [2.75, 3.05) is 22.1 Å². The Balaban J connectivity index is 1.07. The van der Waals surface area contributed by atoms with E-state index in [0.29, 0.717) is 0 Å². The van der Waals surface area contributed by atoms with Crippen LogP contribution in [0.2, 0.25) is 0 Å². The molecule has 4 heteroatoms. The summed E-state index contributed by atoms with van der Waals surface area (Å²) in [6, 6.07) is 49.7. The van der Waals surface area contributed by atoms with Crippen molar-refractivity contribution < 1.29 is 0 Å². The highest BCUT2D eigenvalue weighted by atomic mass is 14.9. The van der Waals surface area contributed by atoms with Gasteiger partial charge in [0.2, 0.25) is 0 Å². The highest BCUT2D eigenvalue weighted by Crippen LogP contribution is 2.28. The summed E-state index contributed by atoms with van der Waals surface area (Å²) in [6.07, 6.45) is 0. The molecule has 6 aromatic rings. The summed E-state index contributed by atoms with van der Waals surface area (Å²) < 4.78 is 0. The monoisotopic (exact) mass is 518 g/mol. The minimum Gasteiger partial charge on any atom is -0.399 e. The van der Waals surface area contributed by atoms with Crippen LogP contribution in [0.25, 0.3) is 33.4 Å². The Hall–Kier alpha value is -5.48. The zero-order chi connectivity index (χ0) is 27.3. The molecule has 6 rings (SSSR count). The van der Waals surface area contributed by atoms with Crippen molar-refractivity contribution in [3.05, 3.63) is 146 Å². The van der Waals surface area contributed by atoms with Gasteiger partial charge in [-0.2, -0.15) is 0 Å². The third kappa shape index (κ3) is 5.82. The Morgan fingerprint density at radius 3 is 0.625 bits per heavy atom. The highest BCUT2D eigenvalue weighted by molar-refractivity contribution is 5.74. The number of hydrogen-bond donors (Lipinski definition) is 4. The Labute approximate surface area is 234 Å². The molecule has 0 unspecified atom stereocenters. The fraction of sp³-hybridized carbons (Fsp3) is 0. The van der Waals surface area contributed by atoms with E-state index in [9.17, 15) is 0 Å². The van der Waals surface area contributed by atoms with Gasteiger partial charge in [-0.25, -0.2) is 0 Å². The van der Waals surface area contributed by atoms with Crippen molar-refractivity contribution in [2.24, 2.45) is 0 Å². The predicted octanol–water partition coefficient (Wildman–Crippen LogP) is 9.34. The van der Waals surface area contributed by atoms with Crippen molar-refractivity contribution in [1.29, 1.82) is 0 Å². The predicted molar refractivity (Wildman–Crippen MR) is 171 cm³/mol. The van der Waals surface area contributed by atoms with Gasteiger partial charge < -0.3 is 22.1 Å². The first kappa shape index (κ1) is 24.8. The van der Waals surface area contributed by atoms with Crippen molar-refractivity contribution in [1.82, 2.24) is 0 Å².